The summed E-state index contributed by atoms with van der Waals surface area (Å²) in [6.45, 7) is 1.72. The molecule has 1 aromatic carbocycles. The number of carbonyl (C=O) groups excluding carboxylic acids is 1. The van der Waals surface area contributed by atoms with Crippen molar-refractivity contribution in [3.8, 4) is 0 Å². The van der Waals surface area contributed by atoms with Gasteiger partial charge in [0.05, 0.1) is 16.9 Å². The van der Waals surface area contributed by atoms with Crippen LogP contribution in [-0.4, -0.2) is 34.7 Å². The number of rotatable bonds is 5. The number of nitrogens with zero attached hydrogens (tertiary/aromatic N) is 3. The van der Waals surface area contributed by atoms with Crippen molar-refractivity contribution in [2.75, 3.05) is 29.1 Å². The minimum absolute atomic E-state index is 0.00736. The number of carbonyl (C=O) groups is 1. The second kappa shape index (κ2) is 9.33. The molecule has 1 fully saturated rings. The number of anilines is 2. The average molecular weight is 464 g/mol. The first-order valence-corrected chi connectivity index (χ1v) is 10.3. The van der Waals surface area contributed by atoms with Crippen LogP contribution in [0.2, 0.25) is 0 Å². The van der Waals surface area contributed by atoms with Gasteiger partial charge in [-0.1, -0.05) is 11.8 Å². The van der Waals surface area contributed by atoms with Crippen molar-refractivity contribution in [1.29, 1.82) is 0 Å². The van der Waals surface area contributed by atoms with Crippen LogP contribution in [-0.2, 0) is 17.1 Å². The number of benzene rings is 1. The van der Waals surface area contributed by atoms with Crippen molar-refractivity contribution in [2.24, 2.45) is 0 Å². The van der Waals surface area contributed by atoms with Crippen LogP contribution in [0.3, 0.4) is 0 Å². The molecule has 0 radical (unpaired) electrons. The summed E-state index contributed by atoms with van der Waals surface area (Å²) < 4.78 is 77.6. The van der Waals surface area contributed by atoms with Crippen molar-refractivity contribution >= 4 is 29.2 Å². The van der Waals surface area contributed by atoms with Crippen LogP contribution in [0.5, 0.6) is 0 Å². The number of nitrogens with one attached hydrogen (secondary N) is 1. The molecule has 1 aliphatic heterocycles. The number of amides is 1. The summed E-state index contributed by atoms with van der Waals surface area (Å²) in [5, 5.41) is 2.58. The first-order valence-electron chi connectivity index (χ1n) is 9.31. The van der Waals surface area contributed by atoms with Gasteiger partial charge in [-0.15, -0.1) is 0 Å². The Hall–Kier alpha value is -2.50. The highest BCUT2D eigenvalue weighted by atomic mass is 32.2. The Labute approximate surface area is 178 Å². The van der Waals surface area contributed by atoms with Crippen LogP contribution in [0, 0.1) is 0 Å². The van der Waals surface area contributed by atoms with E-state index < -0.39 is 35.1 Å². The molecule has 2 heterocycles. The van der Waals surface area contributed by atoms with E-state index in [0.717, 1.165) is 44.1 Å². The van der Waals surface area contributed by atoms with Crippen LogP contribution in [0.25, 0.3) is 0 Å². The second-order valence-corrected chi connectivity index (χ2v) is 7.89. The van der Waals surface area contributed by atoms with E-state index in [1.54, 1.807) is 6.07 Å². The lowest BCUT2D eigenvalue weighted by atomic mass is 10.1. The maximum Gasteiger partial charge on any atom is 0.416 e. The molecule has 0 saturated carbocycles. The molecular weight excluding hydrogens is 446 g/mol. The monoisotopic (exact) mass is 464 g/mol. The molecule has 1 saturated heterocycles. The molecule has 5 nitrogen and oxygen atoms in total. The largest absolute Gasteiger partial charge is 0.416 e. The fourth-order valence-corrected chi connectivity index (χ4v) is 3.73. The van der Waals surface area contributed by atoms with E-state index >= 15 is 0 Å². The molecule has 0 unspecified atom stereocenters. The van der Waals surface area contributed by atoms with Crippen LogP contribution < -0.4 is 10.2 Å². The zero-order valence-electron chi connectivity index (χ0n) is 16.1. The van der Waals surface area contributed by atoms with Crippen molar-refractivity contribution in [3.63, 3.8) is 0 Å². The molecular formula is C19H18F6N4OS. The van der Waals surface area contributed by atoms with Crippen LogP contribution in [0.4, 0.5) is 37.8 Å². The molecule has 0 aliphatic carbocycles. The number of hydrogen-bond acceptors (Lipinski definition) is 5. The second-order valence-electron chi connectivity index (χ2n) is 6.89. The Kier molecular flexibility index (Phi) is 6.97. The first kappa shape index (κ1) is 23.2. The van der Waals surface area contributed by atoms with Crippen LogP contribution in [0.1, 0.15) is 30.4 Å². The molecule has 2 aromatic rings. The Bertz CT molecular complexity index is 896. The SMILES string of the molecule is O=C(CSc1cc(N2CCCCC2)ncn1)Nc1cc(C(F)(F)F)cc(C(F)(F)F)c1. The number of piperidine rings is 1. The van der Waals surface area contributed by atoms with Gasteiger partial charge < -0.3 is 10.2 Å². The Morgan fingerprint density at radius 1 is 0.935 bits per heavy atom. The predicted molar refractivity (Wildman–Crippen MR) is 104 cm³/mol. The summed E-state index contributed by atoms with van der Waals surface area (Å²) in [6, 6.07) is 2.65. The summed E-state index contributed by atoms with van der Waals surface area (Å²) in [4.78, 5) is 22.5. The summed E-state index contributed by atoms with van der Waals surface area (Å²) in [7, 11) is 0. The fraction of sp³-hybridized carbons (Fsp3) is 0.421. The number of aromatic nitrogens is 2. The van der Waals surface area contributed by atoms with Gasteiger partial charge in [0.2, 0.25) is 5.91 Å². The number of thioether (sulfide) groups is 1. The highest BCUT2D eigenvalue weighted by Gasteiger charge is 2.37. The first-order chi connectivity index (χ1) is 14.5. The standard InChI is InChI=1S/C19H18F6N4OS/c20-18(21,22)12-6-13(19(23,24)25)8-14(7-12)28-16(30)10-31-17-9-15(26-11-27-17)29-4-2-1-3-5-29/h6-9,11H,1-5,10H2,(H,28,30). The number of hydrogen-bond donors (Lipinski definition) is 1. The smallest absolute Gasteiger partial charge is 0.356 e. The van der Waals surface area contributed by atoms with Gasteiger partial charge in [0.25, 0.3) is 0 Å². The maximum absolute atomic E-state index is 12.9. The average Bonchev–Trinajstić information content (AvgIpc) is 2.72. The zero-order chi connectivity index (χ0) is 22.6. The van der Waals surface area contributed by atoms with Gasteiger partial charge in [0, 0.05) is 24.8 Å². The van der Waals surface area contributed by atoms with E-state index in [0.29, 0.717) is 23.0 Å². The van der Waals surface area contributed by atoms with Crippen LogP contribution in [0.15, 0.2) is 35.6 Å². The summed E-state index contributed by atoms with van der Waals surface area (Å²) >= 11 is 1.01. The quantitative estimate of drug-likeness (QED) is 0.373. The number of halogens is 6. The van der Waals surface area contributed by atoms with Crippen molar-refractivity contribution in [1.82, 2.24) is 9.97 Å². The van der Waals surface area contributed by atoms with E-state index in [1.807, 2.05) is 0 Å². The molecule has 31 heavy (non-hydrogen) atoms. The molecule has 1 aromatic heterocycles. The Morgan fingerprint density at radius 3 is 2.13 bits per heavy atom. The normalized spacial score (nSPS) is 15.1. The van der Waals surface area contributed by atoms with E-state index in [-0.39, 0.29) is 11.8 Å². The van der Waals surface area contributed by atoms with Gasteiger partial charge in [0.15, 0.2) is 0 Å². The van der Waals surface area contributed by atoms with E-state index in [1.165, 1.54) is 6.33 Å². The third-order valence-electron chi connectivity index (χ3n) is 4.53. The van der Waals surface area contributed by atoms with Gasteiger partial charge in [-0.3, -0.25) is 4.79 Å². The lowest BCUT2D eigenvalue weighted by Crippen LogP contribution is -2.30. The Morgan fingerprint density at radius 2 is 1.55 bits per heavy atom. The van der Waals surface area contributed by atoms with Gasteiger partial charge in [-0.2, -0.15) is 26.3 Å². The summed E-state index contributed by atoms with van der Waals surface area (Å²) in [5.41, 5.74) is -3.57. The zero-order valence-corrected chi connectivity index (χ0v) is 16.9. The fourth-order valence-electron chi connectivity index (χ4n) is 3.07. The highest BCUT2D eigenvalue weighted by Crippen LogP contribution is 2.37. The van der Waals surface area contributed by atoms with Gasteiger partial charge in [-0.25, -0.2) is 9.97 Å². The van der Waals surface area contributed by atoms with E-state index in [2.05, 4.69) is 20.2 Å². The summed E-state index contributed by atoms with van der Waals surface area (Å²) in [5.74, 6) is -0.283. The maximum atomic E-state index is 12.9. The predicted octanol–water partition coefficient (Wildman–Crippen LogP) is 5.24. The highest BCUT2D eigenvalue weighted by molar-refractivity contribution is 7.99. The lowest BCUT2D eigenvalue weighted by molar-refractivity contribution is -0.143. The molecule has 1 aliphatic rings. The minimum atomic E-state index is -4.98. The van der Waals surface area contributed by atoms with Gasteiger partial charge in [-0.05, 0) is 37.5 Å². The lowest BCUT2D eigenvalue weighted by Gasteiger charge is -2.27. The third-order valence-corrected chi connectivity index (χ3v) is 5.46. The third kappa shape index (κ3) is 6.49. The van der Waals surface area contributed by atoms with Crippen molar-refractivity contribution in [3.05, 3.63) is 41.7 Å². The van der Waals surface area contributed by atoms with Gasteiger partial charge >= 0.3 is 12.4 Å². The summed E-state index contributed by atoms with van der Waals surface area (Å²) in [6.07, 6.45) is -5.37. The van der Waals surface area contributed by atoms with Crippen molar-refractivity contribution < 1.29 is 31.1 Å². The topological polar surface area (TPSA) is 58.1 Å². The minimum Gasteiger partial charge on any atom is -0.356 e. The molecule has 1 amide bonds. The molecule has 0 bridgehead atoms. The van der Waals surface area contributed by atoms with Crippen molar-refractivity contribution in [2.45, 2.75) is 36.6 Å². The number of alkyl halides is 6. The van der Waals surface area contributed by atoms with Gasteiger partial charge in [0.1, 0.15) is 17.2 Å². The van der Waals surface area contributed by atoms with Crippen LogP contribution >= 0.6 is 11.8 Å². The molecule has 0 atom stereocenters. The molecule has 1 N–H and O–H groups in total. The molecule has 0 spiro atoms. The van der Waals surface area contributed by atoms with E-state index in [9.17, 15) is 31.1 Å². The Balaban J connectivity index is 1.67. The molecule has 168 valence electrons. The van der Waals surface area contributed by atoms with E-state index in [4.69, 9.17) is 0 Å². The molecule has 3 rings (SSSR count). The molecule has 12 heteroatoms.